The lowest BCUT2D eigenvalue weighted by Crippen LogP contribution is -2.27. The second-order valence-electron chi connectivity index (χ2n) is 6.44. The zero-order chi connectivity index (χ0) is 17.4. The second-order valence-corrected chi connectivity index (χ2v) is 6.44. The fraction of sp³-hybridized carbons (Fsp3) is 0.316. The molecular weight excluding hydrogens is 316 g/mol. The van der Waals surface area contributed by atoms with Gasteiger partial charge in [-0.05, 0) is 43.4 Å². The molecule has 1 aromatic carbocycles. The van der Waals surface area contributed by atoms with Crippen molar-refractivity contribution in [2.24, 2.45) is 0 Å². The summed E-state index contributed by atoms with van der Waals surface area (Å²) in [6.07, 6.45) is 3.08. The Hall–Kier alpha value is -2.89. The van der Waals surface area contributed by atoms with E-state index >= 15 is 0 Å². The number of aryl methyl sites for hydroxylation is 2. The van der Waals surface area contributed by atoms with Crippen molar-refractivity contribution >= 4 is 16.8 Å². The molecule has 0 fully saturated rings. The standard InChI is InChI=1S/C19H20N4O2/c1-12-14(9-10-20-19(25)16-7-8-17(24)22-21-16)15-6-2-4-13-5-3-11-23(12)18(13)15/h2,4,6-8H,3,5,9-11H2,1H3,(H,20,25)(H,22,24). The van der Waals surface area contributed by atoms with Gasteiger partial charge in [0.15, 0.2) is 0 Å². The summed E-state index contributed by atoms with van der Waals surface area (Å²) in [5.74, 6) is -0.275. The first kappa shape index (κ1) is 15.6. The predicted octanol–water partition coefficient (Wildman–Crippen LogP) is 1.95. The Morgan fingerprint density at radius 2 is 2.20 bits per heavy atom. The Balaban J connectivity index is 1.53. The van der Waals surface area contributed by atoms with Crippen LogP contribution in [0.3, 0.4) is 0 Å². The van der Waals surface area contributed by atoms with Crippen LogP contribution in [0.1, 0.15) is 33.7 Å². The third-order valence-corrected chi connectivity index (χ3v) is 4.96. The summed E-state index contributed by atoms with van der Waals surface area (Å²) < 4.78 is 2.41. The van der Waals surface area contributed by atoms with Crippen molar-refractivity contribution in [1.82, 2.24) is 20.1 Å². The predicted molar refractivity (Wildman–Crippen MR) is 95.9 cm³/mol. The molecule has 3 aromatic rings. The minimum Gasteiger partial charge on any atom is -0.350 e. The number of hydrogen-bond donors (Lipinski definition) is 2. The maximum Gasteiger partial charge on any atom is 0.271 e. The van der Waals surface area contributed by atoms with Crippen LogP contribution in [0, 0.1) is 6.92 Å². The number of nitrogens with one attached hydrogen (secondary N) is 2. The normalized spacial score (nSPS) is 13.2. The van der Waals surface area contributed by atoms with Gasteiger partial charge in [-0.25, -0.2) is 5.10 Å². The Morgan fingerprint density at radius 1 is 1.32 bits per heavy atom. The molecule has 0 saturated heterocycles. The lowest BCUT2D eigenvalue weighted by molar-refractivity contribution is 0.0948. The summed E-state index contributed by atoms with van der Waals surface area (Å²) in [5.41, 5.74) is 5.27. The average Bonchev–Trinajstić information content (AvgIpc) is 2.90. The largest absolute Gasteiger partial charge is 0.350 e. The molecule has 0 radical (unpaired) electrons. The highest BCUT2D eigenvalue weighted by molar-refractivity contribution is 5.92. The number of carbonyl (C=O) groups is 1. The highest BCUT2D eigenvalue weighted by Crippen LogP contribution is 2.32. The molecule has 128 valence electrons. The maximum atomic E-state index is 12.1. The number of benzene rings is 1. The number of H-pyrrole nitrogens is 1. The van der Waals surface area contributed by atoms with Crippen molar-refractivity contribution in [1.29, 1.82) is 0 Å². The summed E-state index contributed by atoms with van der Waals surface area (Å²) in [5, 5.41) is 10.2. The molecule has 25 heavy (non-hydrogen) atoms. The molecule has 1 aliphatic rings. The second kappa shape index (κ2) is 6.20. The summed E-state index contributed by atoms with van der Waals surface area (Å²) in [7, 11) is 0. The van der Waals surface area contributed by atoms with E-state index in [4.69, 9.17) is 0 Å². The monoisotopic (exact) mass is 336 g/mol. The van der Waals surface area contributed by atoms with Crippen LogP contribution in [0.2, 0.25) is 0 Å². The van der Waals surface area contributed by atoms with Crippen LogP contribution in [0.15, 0.2) is 35.1 Å². The van der Waals surface area contributed by atoms with Crippen molar-refractivity contribution in [2.75, 3.05) is 6.54 Å². The van der Waals surface area contributed by atoms with Crippen LogP contribution >= 0.6 is 0 Å². The Labute approximate surface area is 144 Å². The highest BCUT2D eigenvalue weighted by atomic mass is 16.2. The van der Waals surface area contributed by atoms with E-state index in [1.54, 1.807) is 0 Å². The van der Waals surface area contributed by atoms with Crippen LogP contribution in [0.5, 0.6) is 0 Å². The van der Waals surface area contributed by atoms with E-state index in [2.05, 4.69) is 45.2 Å². The molecule has 0 atom stereocenters. The van der Waals surface area contributed by atoms with Gasteiger partial charge in [0.05, 0.1) is 5.52 Å². The van der Waals surface area contributed by atoms with Crippen LogP contribution in [-0.4, -0.2) is 27.2 Å². The lowest BCUT2D eigenvalue weighted by atomic mass is 10.0. The first-order valence-corrected chi connectivity index (χ1v) is 8.58. The van der Waals surface area contributed by atoms with Gasteiger partial charge in [0.1, 0.15) is 5.69 Å². The van der Waals surface area contributed by atoms with Gasteiger partial charge in [-0.1, -0.05) is 18.2 Å². The molecule has 0 aliphatic carbocycles. The Kier molecular flexibility index (Phi) is 3.87. The van der Waals surface area contributed by atoms with E-state index in [-0.39, 0.29) is 17.2 Å². The lowest BCUT2D eigenvalue weighted by Gasteiger charge is -2.16. The van der Waals surface area contributed by atoms with E-state index in [1.807, 2.05) is 0 Å². The van der Waals surface area contributed by atoms with Gasteiger partial charge in [-0.3, -0.25) is 9.59 Å². The van der Waals surface area contributed by atoms with Crippen molar-refractivity contribution in [3.05, 3.63) is 63.2 Å². The highest BCUT2D eigenvalue weighted by Gasteiger charge is 2.19. The fourth-order valence-electron chi connectivity index (χ4n) is 3.77. The average molecular weight is 336 g/mol. The summed E-state index contributed by atoms with van der Waals surface area (Å²) in [4.78, 5) is 23.1. The topological polar surface area (TPSA) is 79.8 Å². The molecule has 3 heterocycles. The van der Waals surface area contributed by atoms with Gasteiger partial charge in [-0.2, -0.15) is 5.10 Å². The van der Waals surface area contributed by atoms with E-state index < -0.39 is 0 Å². The molecule has 1 aliphatic heterocycles. The summed E-state index contributed by atoms with van der Waals surface area (Å²) in [6, 6.07) is 9.25. The Bertz CT molecular complexity index is 996. The minimum absolute atomic E-state index is 0.221. The molecule has 6 nitrogen and oxygen atoms in total. The van der Waals surface area contributed by atoms with E-state index in [0.29, 0.717) is 6.54 Å². The van der Waals surface area contributed by atoms with Crippen molar-refractivity contribution < 1.29 is 4.79 Å². The number of aromatic amines is 1. The Morgan fingerprint density at radius 3 is 3.00 bits per heavy atom. The quantitative estimate of drug-likeness (QED) is 0.764. The zero-order valence-corrected chi connectivity index (χ0v) is 14.1. The summed E-state index contributed by atoms with van der Waals surface area (Å²) in [6.45, 7) is 3.76. The van der Waals surface area contributed by atoms with Crippen molar-refractivity contribution in [3.63, 3.8) is 0 Å². The molecule has 6 heteroatoms. The fourth-order valence-corrected chi connectivity index (χ4v) is 3.77. The third-order valence-electron chi connectivity index (χ3n) is 4.96. The number of para-hydroxylation sites is 1. The summed E-state index contributed by atoms with van der Waals surface area (Å²) >= 11 is 0. The zero-order valence-electron chi connectivity index (χ0n) is 14.1. The van der Waals surface area contributed by atoms with Gasteiger partial charge in [-0.15, -0.1) is 0 Å². The maximum absolute atomic E-state index is 12.1. The number of amides is 1. The van der Waals surface area contributed by atoms with Gasteiger partial charge in [0.25, 0.3) is 11.5 Å². The molecule has 0 unspecified atom stereocenters. The molecule has 0 spiro atoms. The van der Waals surface area contributed by atoms with Gasteiger partial charge >= 0.3 is 0 Å². The van der Waals surface area contributed by atoms with E-state index in [9.17, 15) is 9.59 Å². The van der Waals surface area contributed by atoms with Crippen molar-refractivity contribution in [3.8, 4) is 0 Å². The molecule has 4 rings (SSSR count). The van der Waals surface area contributed by atoms with E-state index in [0.717, 1.165) is 19.4 Å². The van der Waals surface area contributed by atoms with Crippen LogP contribution < -0.4 is 10.9 Å². The number of aromatic nitrogens is 3. The number of carbonyl (C=O) groups excluding carboxylic acids is 1. The van der Waals surface area contributed by atoms with Crippen LogP contribution in [0.25, 0.3) is 10.9 Å². The smallest absolute Gasteiger partial charge is 0.271 e. The molecule has 2 aromatic heterocycles. The first-order valence-electron chi connectivity index (χ1n) is 8.58. The number of rotatable bonds is 4. The third kappa shape index (κ3) is 2.73. The first-order chi connectivity index (χ1) is 12.1. The van der Waals surface area contributed by atoms with E-state index in [1.165, 1.54) is 46.3 Å². The number of hydrogen-bond acceptors (Lipinski definition) is 3. The van der Waals surface area contributed by atoms with Gasteiger partial charge < -0.3 is 9.88 Å². The van der Waals surface area contributed by atoms with Crippen molar-refractivity contribution in [2.45, 2.75) is 32.7 Å². The molecule has 1 amide bonds. The molecule has 0 saturated carbocycles. The van der Waals surface area contributed by atoms with Crippen LogP contribution in [0.4, 0.5) is 0 Å². The van der Waals surface area contributed by atoms with Crippen LogP contribution in [-0.2, 0) is 19.4 Å². The molecule has 2 N–H and O–H groups in total. The van der Waals surface area contributed by atoms with Gasteiger partial charge in [0.2, 0.25) is 0 Å². The minimum atomic E-state index is -0.318. The number of nitrogens with zero attached hydrogens (tertiary/aromatic N) is 2. The van der Waals surface area contributed by atoms with Gasteiger partial charge in [0, 0.05) is 30.2 Å². The SMILES string of the molecule is Cc1c(CCNC(=O)c2ccc(=O)[nH]n2)c2cccc3c2n1CCC3. The molecule has 0 bridgehead atoms. The molecular formula is C19H20N4O2.